The first-order valence-electron chi connectivity index (χ1n) is 11.6. The van der Waals surface area contributed by atoms with Crippen molar-refractivity contribution in [3.8, 4) is 11.5 Å². The lowest BCUT2D eigenvalue weighted by Gasteiger charge is -2.34. The van der Waals surface area contributed by atoms with E-state index in [4.69, 9.17) is 25.8 Å². The van der Waals surface area contributed by atoms with E-state index in [2.05, 4.69) is 5.32 Å². The fraction of sp³-hybridized carbons (Fsp3) is 0.100. The first-order valence-corrected chi connectivity index (χ1v) is 12.0. The average Bonchev–Trinajstić information content (AvgIpc) is 3.48. The minimum atomic E-state index is -1.25. The number of cyclic esters (lactones) is 1. The second-order valence-corrected chi connectivity index (χ2v) is 9.09. The summed E-state index contributed by atoms with van der Waals surface area (Å²) in [6.45, 7) is 0.156. The van der Waals surface area contributed by atoms with E-state index in [-0.39, 0.29) is 6.79 Å². The summed E-state index contributed by atoms with van der Waals surface area (Å²) in [5, 5.41) is 4.14. The van der Waals surface area contributed by atoms with Crippen molar-refractivity contribution in [1.29, 1.82) is 0 Å². The van der Waals surface area contributed by atoms with Crippen molar-refractivity contribution in [2.45, 2.75) is 12.1 Å². The molecule has 4 aromatic carbocycles. The van der Waals surface area contributed by atoms with Crippen LogP contribution < -0.4 is 14.8 Å². The normalized spacial score (nSPS) is 18.3. The van der Waals surface area contributed by atoms with Crippen molar-refractivity contribution in [2.24, 2.45) is 0 Å². The quantitative estimate of drug-likeness (QED) is 0.306. The Bertz CT molecular complexity index is 1450. The molecule has 2 aliphatic rings. The molecule has 0 amide bonds. The topological polar surface area (TPSA) is 56.8 Å². The third kappa shape index (κ3) is 3.97. The minimum absolute atomic E-state index is 0.156. The van der Waals surface area contributed by atoms with E-state index in [1.807, 2.05) is 91.0 Å². The van der Waals surface area contributed by atoms with Gasteiger partial charge in [0.05, 0.1) is 5.57 Å². The lowest BCUT2D eigenvalue weighted by molar-refractivity contribution is -0.144. The Morgan fingerprint density at radius 3 is 2.25 bits per heavy atom. The Morgan fingerprint density at radius 2 is 1.50 bits per heavy atom. The van der Waals surface area contributed by atoms with Gasteiger partial charge in [-0.1, -0.05) is 78.3 Å². The number of para-hydroxylation sites is 1. The van der Waals surface area contributed by atoms with Crippen molar-refractivity contribution >= 4 is 28.8 Å². The standard InChI is InChI=1S/C30H22ClNO4/c31-23-14-12-22(13-15-23)30(32-24-9-5-2-6-10-24)25(17-20-7-3-1-4-8-20)28(29(33)36-30)21-11-16-26-27(18-21)35-19-34-26/h1-16,18,32H,17,19H2. The number of esters is 1. The van der Waals surface area contributed by atoms with Gasteiger partial charge in [0, 0.05) is 28.3 Å². The van der Waals surface area contributed by atoms with Gasteiger partial charge in [-0.25, -0.2) is 4.79 Å². The summed E-state index contributed by atoms with van der Waals surface area (Å²) in [7, 11) is 0. The fourth-order valence-corrected chi connectivity index (χ4v) is 4.85. The Labute approximate surface area is 213 Å². The lowest BCUT2D eigenvalue weighted by Crippen LogP contribution is -2.38. The Balaban J connectivity index is 1.59. The molecule has 2 aliphatic heterocycles. The summed E-state index contributed by atoms with van der Waals surface area (Å²) in [5.74, 6) is 0.840. The largest absolute Gasteiger partial charge is 0.454 e. The number of carbonyl (C=O) groups is 1. The maximum Gasteiger partial charge on any atom is 0.341 e. The van der Waals surface area contributed by atoms with E-state index in [0.717, 1.165) is 22.4 Å². The molecule has 1 N–H and O–H groups in total. The molecule has 0 fully saturated rings. The molecule has 36 heavy (non-hydrogen) atoms. The highest BCUT2D eigenvalue weighted by molar-refractivity contribution is 6.30. The van der Waals surface area contributed by atoms with Crippen molar-refractivity contribution in [1.82, 2.24) is 0 Å². The van der Waals surface area contributed by atoms with Crippen molar-refractivity contribution in [2.75, 3.05) is 12.1 Å². The van der Waals surface area contributed by atoms with Crippen LogP contribution in [0.5, 0.6) is 11.5 Å². The molecular formula is C30H22ClNO4. The maximum atomic E-state index is 13.7. The zero-order chi connectivity index (χ0) is 24.5. The van der Waals surface area contributed by atoms with Crippen LogP contribution in [-0.4, -0.2) is 12.8 Å². The van der Waals surface area contributed by atoms with Gasteiger partial charge in [0.2, 0.25) is 12.5 Å². The van der Waals surface area contributed by atoms with Crippen LogP contribution in [0.1, 0.15) is 16.7 Å². The molecule has 178 valence electrons. The van der Waals surface area contributed by atoms with Gasteiger partial charge in [-0.15, -0.1) is 0 Å². The van der Waals surface area contributed by atoms with Gasteiger partial charge in [-0.05, 0) is 47.5 Å². The zero-order valence-corrected chi connectivity index (χ0v) is 20.0. The third-order valence-corrected chi connectivity index (χ3v) is 6.66. The van der Waals surface area contributed by atoms with E-state index in [9.17, 15) is 4.79 Å². The molecule has 0 aromatic heterocycles. The number of rotatable bonds is 6. The molecular weight excluding hydrogens is 474 g/mol. The SMILES string of the molecule is O=C1OC(Nc2ccccc2)(c2ccc(Cl)cc2)C(Cc2ccccc2)=C1c1ccc2c(c1)OCO2. The molecule has 5 nitrogen and oxygen atoms in total. The Morgan fingerprint density at radius 1 is 0.806 bits per heavy atom. The van der Waals surface area contributed by atoms with Gasteiger partial charge in [0.1, 0.15) is 0 Å². The maximum absolute atomic E-state index is 13.7. The molecule has 0 saturated heterocycles. The van der Waals surface area contributed by atoms with E-state index in [0.29, 0.717) is 34.1 Å². The van der Waals surface area contributed by atoms with E-state index >= 15 is 0 Å². The van der Waals surface area contributed by atoms with Gasteiger partial charge < -0.3 is 19.5 Å². The summed E-state index contributed by atoms with van der Waals surface area (Å²) >= 11 is 6.23. The van der Waals surface area contributed by atoms with Gasteiger partial charge in [-0.2, -0.15) is 0 Å². The summed E-state index contributed by atoms with van der Waals surface area (Å²) in [4.78, 5) is 13.7. The first-order chi connectivity index (χ1) is 17.6. The van der Waals surface area contributed by atoms with Gasteiger partial charge in [-0.3, -0.25) is 0 Å². The first kappa shape index (κ1) is 22.3. The van der Waals surface area contributed by atoms with Crippen LogP contribution in [0.4, 0.5) is 5.69 Å². The van der Waals surface area contributed by atoms with Crippen molar-refractivity contribution < 1.29 is 19.0 Å². The molecule has 1 unspecified atom stereocenters. The number of ether oxygens (including phenoxy) is 3. The van der Waals surface area contributed by atoms with E-state index < -0.39 is 11.7 Å². The monoisotopic (exact) mass is 495 g/mol. The molecule has 0 aliphatic carbocycles. The highest BCUT2D eigenvalue weighted by Gasteiger charge is 2.49. The number of halogens is 1. The molecule has 2 heterocycles. The molecule has 0 radical (unpaired) electrons. The minimum Gasteiger partial charge on any atom is -0.454 e. The molecule has 6 heteroatoms. The van der Waals surface area contributed by atoms with E-state index in [1.165, 1.54) is 0 Å². The van der Waals surface area contributed by atoms with E-state index in [1.54, 1.807) is 12.1 Å². The average molecular weight is 496 g/mol. The second kappa shape index (κ2) is 9.10. The smallest absolute Gasteiger partial charge is 0.341 e. The van der Waals surface area contributed by atoms with Crippen LogP contribution in [-0.2, 0) is 21.7 Å². The summed E-state index contributed by atoms with van der Waals surface area (Å²) in [6.07, 6.45) is 0.485. The molecule has 0 spiro atoms. The summed E-state index contributed by atoms with van der Waals surface area (Å²) < 4.78 is 17.4. The Hall–Kier alpha value is -4.22. The number of benzene rings is 4. The second-order valence-electron chi connectivity index (χ2n) is 8.65. The van der Waals surface area contributed by atoms with Crippen molar-refractivity contribution in [3.63, 3.8) is 0 Å². The molecule has 0 bridgehead atoms. The van der Waals surface area contributed by atoms with Gasteiger partial charge in [0.15, 0.2) is 11.5 Å². The summed E-state index contributed by atoms with van der Waals surface area (Å²) in [5.41, 5.74) is 3.39. The van der Waals surface area contributed by atoms with Crippen molar-refractivity contribution in [3.05, 3.63) is 130 Å². The van der Waals surface area contributed by atoms with Crippen LogP contribution in [0.15, 0.2) is 109 Å². The number of nitrogens with one attached hydrogen (secondary N) is 1. The highest BCUT2D eigenvalue weighted by atomic mass is 35.5. The van der Waals surface area contributed by atoms with Crippen LogP contribution in [0.3, 0.4) is 0 Å². The molecule has 6 rings (SSSR count). The van der Waals surface area contributed by atoms with Crippen LogP contribution in [0.2, 0.25) is 5.02 Å². The predicted molar refractivity (Wildman–Crippen MR) is 139 cm³/mol. The van der Waals surface area contributed by atoms with Crippen LogP contribution in [0.25, 0.3) is 5.57 Å². The number of hydrogen-bond donors (Lipinski definition) is 1. The number of carbonyl (C=O) groups excluding carboxylic acids is 1. The molecule has 4 aromatic rings. The van der Waals surface area contributed by atoms with Crippen LogP contribution in [0, 0.1) is 0 Å². The number of anilines is 1. The number of hydrogen-bond acceptors (Lipinski definition) is 5. The lowest BCUT2D eigenvalue weighted by atomic mass is 9.85. The molecule has 0 saturated carbocycles. The zero-order valence-electron chi connectivity index (χ0n) is 19.2. The predicted octanol–water partition coefficient (Wildman–Crippen LogP) is 6.59. The fourth-order valence-electron chi connectivity index (χ4n) is 4.72. The van der Waals surface area contributed by atoms with Gasteiger partial charge >= 0.3 is 5.97 Å². The third-order valence-electron chi connectivity index (χ3n) is 6.41. The molecule has 1 atom stereocenters. The van der Waals surface area contributed by atoms with Crippen LogP contribution >= 0.6 is 11.6 Å². The highest BCUT2D eigenvalue weighted by Crippen LogP contribution is 2.48. The number of fused-ring (bicyclic) bond motifs is 1. The Kier molecular flexibility index (Phi) is 5.62. The van der Waals surface area contributed by atoms with Gasteiger partial charge in [0.25, 0.3) is 0 Å². The summed E-state index contributed by atoms with van der Waals surface area (Å²) in [6, 6.07) is 32.7.